The summed E-state index contributed by atoms with van der Waals surface area (Å²) in [4.78, 5) is 0. The lowest BCUT2D eigenvalue weighted by molar-refractivity contribution is -0.182. The molecule has 0 aliphatic carbocycles. The van der Waals surface area contributed by atoms with E-state index in [0.29, 0.717) is 11.1 Å². The monoisotopic (exact) mass is 638 g/mol. The average Bonchev–Trinajstić information content (AvgIpc) is 2.97. The first-order chi connectivity index (χ1) is 20.4. The van der Waals surface area contributed by atoms with Crippen molar-refractivity contribution < 1.29 is 49.6 Å². The number of benzene rings is 3. The molecule has 2 N–H and O–H groups in total. The van der Waals surface area contributed by atoms with E-state index in [4.69, 9.17) is 22.6 Å². The molecule has 0 radical (unpaired) electrons. The fourth-order valence-electron chi connectivity index (χ4n) is 4.24. The second-order valence-electron chi connectivity index (χ2n) is 9.88. The molecule has 0 saturated heterocycles. The van der Waals surface area contributed by atoms with Crippen LogP contribution in [0.4, 0.5) is 0 Å². The van der Waals surface area contributed by atoms with Crippen molar-refractivity contribution in [1.29, 1.82) is 0 Å². The molecular weight excluding hydrogens is 600 g/mol. The lowest BCUT2D eigenvalue weighted by Gasteiger charge is -2.37. The quantitative estimate of drug-likeness (QED) is 0.186. The van der Waals surface area contributed by atoms with Crippen molar-refractivity contribution >= 4 is 20.2 Å². The first-order valence-corrected chi connectivity index (χ1v) is 17.1. The van der Waals surface area contributed by atoms with E-state index in [1.807, 2.05) is 36.4 Å². The molecule has 0 aliphatic heterocycles. The maximum absolute atomic E-state index is 12.5. The largest absolute Gasteiger partial charge is 0.394 e. The van der Waals surface area contributed by atoms with Crippen molar-refractivity contribution in [3.63, 3.8) is 0 Å². The molecule has 0 fully saturated rings. The highest BCUT2D eigenvalue weighted by molar-refractivity contribution is 7.86. The van der Waals surface area contributed by atoms with Crippen LogP contribution in [0.1, 0.15) is 16.7 Å². The Morgan fingerprint density at radius 3 is 1.44 bits per heavy atom. The molecular formula is C30H38O11S2. The summed E-state index contributed by atoms with van der Waals surface area (Å²) in [7, 11) is -8.34. The van der Waals surface area contributed by atoms with E-state index < -0.39 is 57.4 Å². The van der Waals surface area contributed by atoms with Crippen LogP contribution in [0.15, 0.2) is 91.0 Å². The summed E-state index contributed by atoms with van der Waals surface area (Å²) >= 11 is 0. The van der Waals surface area contributed by atoms with Crippen LogP contribution in [-0.2, 0) is 62.6 Å². The van der Waals surface area contributed by atoms with Crippen LogP contribution in [0, 0.1) is 0 Å². The highest BCUT2D eigenvalue weighted by Gasteiger charge is 2.44. The SMILES string of the molecule is CS(=O)(=O)O[C@@H](COCc1ccccc1)[C@@H](OCc1ccccc1)[C@H](OCc1ccccc1)[C@@H](OS(C)(=O)=O)C(O)CO. The number of aliphatic hydroxyl groups is 2. The molecule has 3 rings (SSSR count). The molecule has 3 aromatic carbocycles. The van der Waals surface area contributed by atoms with Gasteiger partial charge in [0.2, 0.25) is 0 Å². The van der Waals surface area contributed by atoms with Crippen LogP contribution in [0.2, 0.25) is 0 Å². The van der Waals surface area contributed by atoms with Crippen molar-refractivity contribution in [3.8, 4) is 0 Å². The van der Waals surface area contributed by atoms with Gasteiger partial charge in [0, 0.05) is 0 Å². The maximum Gasteiger partial charge on any atom is 0.264 e. The molecule has 0 bridgehead atoms. The average molecular weight is 639 g/mol. The van der Waals surface area contributed by atoms with Crippen molar-refractivity contribution in [2.75, 3.05) is 25.7 Å². The van der Waals surface area contributed by atoms with Gasteiger partial charge in [-0.25, -0.2) is 0 Å². The molecule has 5 atom stereocenters. The van der Waals surface area contributed by atoms with Crippen LogP contribution in [0.25, 0.3) is 0 Å². The Kier molecular flexibility index (Phi) is 13.7. The van der Waals surface area contributed by atoms with Crippen molar-refractivity contribution in [1.82, 2.24) is 0 Å². The minimum absolute atomic E-state index is 0.0696. The van der Waals surface area contributed by atoms with Crippen molar-refractivity contribution in [3.05, 3.63) is 108 Å². The summed E-state index contributed by atoms with van der Waals surface area (Å²) in [6.07, 6.45) is -6.09. The Bertz CT molecular complexity index is 1420. The summed E-state index contributed by atoms with van der Waals surface area (Å²) < 4.78 is 78.4. The van der Waals surface area contributed by atoms with Crippen LogP contribution in [0.3, 0.4) is 0 Å². The fourth-order valence-corrected chi connectivity index (χ4v) is 5.49. The standard InChI is InChI=1S/C30H38O11S2/c1-42(33,34)40-27(22-37-19-23-12-6-3-7-13-23)29(38-20-24-14-8-4-9-15-24)30(39-21-25-16-10-5-11-17-25)28(26(32)18-31)41-43(2,35)36/h3-17,26-32H,18-22H2,1-2H3/t26?,27-,28-,29+,30+/m0/s1. The number of hydrogen-bond acceptors (Lipinski definition) is 11. The van der Waals surface area contributed by atoms with Crippen LogP contribution in [0.5, 0.6) is 0 Å². The third-order valence-corrected chi connectivity index (χ3v) is 7.30. The van der Waals surface area contributed by atoms with Gasteiger partial charge in [-0.15, -0.1) is 0 Å². The lowest BCUT2D eigenvalue weighted by Crippen LogP contribution is -2.55. The minimum Gasteiger partial charge on any atom is -0.394 e. The third kappa shape index (κ3) is 12.8. The number of ether oxygens (including phenoxy) is 3. The Morgan fingerprint density at radius 1 is 0.605 bits per heavy atom. The predicted octanol–water partition coefficient (Wildman–Crippen LogP) is 2.42. The highest BCUT2D eigenvalue weighted by atomic mass is 32.2. The van der Waals surface area contributed by atoms with E-state index in [9.17, 15) is 27.0 Å². The Balaban J connectivity index is 2.05. The van der Waals surface area contributed by atoms with Gasteiger partial charge in [-0.2, -0.15) is 16.8 Å². The van der Waals surface area contributed by atoms with Gasteiger partial charge in [0.15, 0.2) is 0 Å². The van der Waals surface area contributed by atoms with Crippen LogP contribution < -0.4 is 0 Å². The smallest absolute Gasteiger partial charge is 0.264 e. The molecule has 0 saturated carbocycles. The van der Waals surface area contributed by atoms with E-state index in [1.54, 1.807) is 54.6 Å². The predicted molar refractivity (Wildman–Crippen MR) is 159 cm³/mol. The Labute approximate surface area is 253 Å². The zero-order chi connectivity index (χ0) is 31.3. The molecule has 0 spiro atoms. The number of rotatable bonds is 19. The van der Waals surface area contributed by atoms with E-state index in [0.717, 1.165) is 18.1 Å². The van der Waals surface area contributed by atoms with Gasteiger partial charge in [0.25, 0.3) is 20.2 Å². The van der Waals surface area contributed by atoms with E-state index >= 15 is 0 Å². The molecule has 11 nitrogen and oxygen atoms in total. The van der Waals surface area contributed by atoms with Gasteiger partial charge < -0.3 is 24.4 Å². The summed E-state index contributed by atoms with van der Waals surface area (Å²) in [6, 6.07) is 27.0. The molecule has 43 heavy (non-hydrogen) atoms. The summed E-state index contributed by atoms with van der Waals surface area (Å²) in [6.45, 7) is -1.28. The van der Waals surface area contributed by atoms with Crippen LogP contribution in [-0.4, -0.2) is 83.3 Å². The first-order valence-electron chi connectivity index (χ1n) is 13.4. The molecule has 3 aromatic rings. The minimum atomic E-state index is -4.22. The molecule has 0 amide bonds. The summed E-state index contributed by atoms with van der Waals surface area (Å²) in [5, 5.41) is 20.6. The van der Waals surface area contributed by atoms with Gasteiger partial charge in [-0.3, -0.25) is 8.37 Å². The van der Waals surface area contributed by atoms with Gasteiger partial charge >= 0.3 is 0 Å². The molecule has 13 heteroatoms. The zero-order valence-electron chi connectivity index (χ0n) is 24.0. The third-order valence-electron chi connectivity index (χ3n) is 6.13. The van der Waals surface area contributed by atoms with Gasteiger partial charge in [-0.05, 0) is 16.7 Å². The van der Waals surface area contributed by atoms with Crippen molar-refractivity contribution in [2.45, 2.75) is 50.3 Å². The molecule has 1 unspecified atom stereocenters. The summed E-state index contributed by atoms with van der Waals surface area (Å²) in [5.74, 6) is 0. The van der Waals surface area contributed by atoms with E-state index in [-0.39, 0.29) is 26.4 Å². The van der Waals surface area contributed by atoms with Crippen LogP contribution >= 0.6 is 0 Å². The normalized spacial score (nSPS) is 15.8. The maximum atomic E-state index is 12.5. The number of aliphatic hydroxyl groups excluding tert-OH is 2. The fraction of sp³-hybridized carbons (Fsp3) is 0.400. The molecule has 0 heterocycles. The van der Waals surface area contributed by atoms with Crippen molar-refractivity contribution in [2.24, 2.45) is 0 Å². The van der Waals surface area contributed by atoms with Gasteiger partial charge in [0.05, 0.1) is 45.5 Å². The first kappa shape index (κ1) is 34.8. The summed E-state index contributed by atoms with van der Waals surface area (Å²) in [5.41, 5.74) is 2.21. The second kappa shape index (κ2) is 16.9. The molecule has 0 aromatic heterocycles. The number of hydrogen-bond donors (Lipinski definition) is 2. The Morgan fingerprint density at radius 2 is 1.02 bits per heavy atom. The second-order valence-corrected chi connectivity index (χ2v) is 13.1. The highest BCUT2D eigenvalue weighted by Crippen LogP contribution is 2.25. The van der Waals surface area contributed by atoms with E-state index in [2.05, 4.69) is 0 Å². The topological polar surface area (TPSA) is 155 Å². The zero-order valence-corrected chi connectivity index (χ0v) is 25.6. The molecule has 236 valence electrons. The van der Waals surface area contributed by atoms with Gasteiger partial charge in [0.1, 0.15) is 30.5 Å². The lowest BCUT2D eigenvalue weighted by atomic mass is 9.98. The van der Waals surface area contributed by atoms with E-state index in [1.165, 1.54) is 0 Å². The molecule has 0 aliphatic rings. The Hall–Kier alpha value is -2.72. The van der Waals surface area contributed by atoms with Gasteiger partial charge in [-0.1, -0.05) is 91.0 Å².